The van der Waals surface area contributed by atoms with E-state index < -0.39 is 5.72 Å². The lowest BCUT2D eigenvalue weighted by molar-refractivity contribution is -0.0864. The number of benzene rings is 3. The molecule has 0 fully saturated rings. The van der Waals surface area contributed by atoms with Crippen molar-refractivity contribution in [2.24, 2.45) is 0 Å². The van der Waals surface area contributed by atoms with Gasteiger partial charge < -0.3 is 4.74 Å². The van der Waals surface area contributed by atoms with Crippen LogP contribution in [0.15, 0.2) is 84.9 Å². The highest BCUT2D eigenvalue weighted by atomic mass is 16.5. The van der Waals surface area contributed by atoms with Crippen LogP contribution in [0, 0.1) is 0 Å². The SMILES string of the molecule is COC1(c2ccccc2)c2ccccc2C(=O)N1Cc1ccccc1. The van der Waals surface area contributed by atoms with Gasteiger partial charge in [-0.3, -0.25) is 9.69 Å². The van der Waals surface area contributed by atoms with Crippen LogP contribution in [0.4, 0.5) is 0 Å². The Hall–Kier alpha value is -2.91. The summed E-state index contributed by atoms with van der Waals surface area (Å²) >= 11 is 0. The Kier molecular flexibility index (Phi) is 3.86. The molecule has 1 heterocycles. The molecule has 1 aliphatic rings. The van der Waals surface area contributed by atoms with Crippen molar-refractivity contribution in [3.8, 4) is 0 Å². The van der Waals surface area contributed by atoms with E-state index in [1.165, 1.54) is 0 Å². The first-order chi connectivity index (χ1) is 12.3. The van der Waals surface area contributed by atoms with E-state index in [1.807, 2.05) is 89.8 Å². The number of hydrogen-bond donors (Lipinski definition) is 0. The number of ether oxygens (including phenoxy) is 1. The lowest BCUT2D eigenvalue weighted by Gasteiger charge is -2.38. The first-order valence-corrected chi connectivity index (χ1v) is 8.33. The molecule has 0 saturated carbocycles. The molecule has 1 aliphatic heterocycles. The third-order valence-electron chi connectivity index (χ3n) is 4.79. The highest BCUT2D eigenvalue weighted by Gasteiger charge is 2.51. The van der Waals surface area contributed by atoms with E-state index in [0.717, 1.165) is 16.7 Å². The minimum Gasteiger partial charge on any atom is -0.350 e. The summed E-state index contributed by atoms with van der Waals surface area (Å²) in [6.45, 7) is 0.483. The van der Waals surface area contributed by atoms with Gasteiger partial charge in [0.15, 0.2) is 5.72 Å². The zero-order chi connectivity index (χ0) is 17.3. The molecular formula is C22H19NO2. The Bertz CT molecular complexity index is 892. The number of amides is 1. The Morgan fingerprint density at radius 2 is 1.44 bits per heavy atom. The van der Waals surface area contributed by atoms with Crippen molar-refractivity contribution in [1.82, 2.24) is 4.90 Å². The van der Waals surface area contributed by atoms with E-state index in [9.17, 15) is 4.79 Å². The first kappa shape index (κ1) is 15.6. The van der Waals surface area contributed by atoms with E-state index in [2.05, 4.69) is 0 Å². The number of carbonyl (C=O) groups is 1. The lowest BCUT2D eigenvalue weighted by Crippen LogP contribution is -2.45. The van der Waals surface area contributed by atoms with Crippen molar-refractivity contribution < 1.29 is 9.53 Å². The fourth-order valence-corrected chi connectivity index (χ4v) is 3.66. The molecule has 25 heavy (non-hydrogen) atoms. The van der Waals surface area contributed by atoms with Crippen molar-refractivity contribution in [1.29, 1.82) is 0 Å². The Labute approximate surface area is 147 Å². The largest absolute Gasteiger partial charge is 0.350 e. The van der Waals surface area contributed by atoms with Crippen LogP contribution >= 0.6 is 0 Å². The summed E-state index contributed by atoms with van der Waals surface area (Å²) in [5.74, 6) is -0.00911. The number of carbonyl (C=O) groups excluding carboxylic acids is 1. The molecule has 1 amide bonds. The molecule has 0 saturated heterocycles. The van der Waals surface area contributed by atoms with Gasteiger partial charge in [0, 0.05) is 30.3 Å². The van der Waals surface area contributed by atoms with Gasteiger partial charge in [0.1, 0.15) is 0 Å². The third kappa shape index (κ3) is 2.36. The molecule has 0 N–H and O–H groups in total. The van der Waals surface area contributed by atoms with Crippen molar-refractivity contribution in [3.05, 3.63) is 107 Å². The van der Waals surface area contributed by atoms with Gasteiger partial charge in [-0.25, -0.2) is 0 Å². The summed E-state index contributed by atoms with van der Waals surface area (Å²) in [5.41, 5.74) is 2.70. The van der Waals surface area contributed by atoms with Crippen LogP contribution < -0.4 is 0 Å². The Balaban J connectivity index is 1.91. The van der Waals surface area contributed by atoms with Gasteiger partial charge >= 0.3 is 0 Å². The van der Waals surface area contributed by atoms with E-state index >= 15 is 0 Å². The molecule has 124 valence electrons. The maximum atomic E-state index is 13.2. The van der Waals surface area contributed by atoms with Crippen LogP contribution in [-0.2, 0) is 17.0 Å². The van der Waals surface area contributed by atoms with Gasteiger partial charge in [-0.05, 0) is 11.6 Å². The number of rotatable bonds is 4. The van der Waals surface area contributed by atoms with Crippen molar-refractivity contribution in [2.75, 3.05) is 7.11 Å². The lowest BCUT2D eigenvalue weighted by atomic mass is 9.93. The van der Waals surface area contributed by atoms with Crippen molar-refractivity contribution in [3.63, 3.8) is 0 Å². The van der Waals surface area contributed by atoms with Crippen molar-refractivity contribution >= 4 is 5.91 Å². The summed E-state index contributed by atoms with van der Waals surface area (Å²) in [7, 11) is 1.67. The Morgan fingerprint density at radius 3 is 2.12 bits per heavy atom. The maximum Gasteiger partial charge on any atom is 0.257 e. The van der Waals surface area contributed by atoms with Gasteiger partial charge in [-0.2, -0.15) is 0 Å². The molecular weight excluding hydrogens is 310 g/mol. The molecule has 0 bridgehead atoms. The standard InChI is InChI=1S/C22H19NO2/c1-25-22(18-12-6-3-7-13-18)20-15-9-8-14-19(20)21(24)23(22)16-17-10-4-2-5-11-17/h2-15H,16H2,1H3. The van der Waals surface area contributed by atoms with E-state index in [4.69, 9.17) is 4.74 Å². The van der Waals surface area contributed by atoms with Gasteiger partial charge in [-0.15, -0.1) is 0 Å². The quantitative estimate of drug-likeness (QED) is 0.718. The summed E-state index contributed by atoms with van der Waals surface area (Å²) < 4.78 is 6.07. The van der Waals surface area contributed by atoms with E-state index in [1.54, 1.807) is 7.11 Å². The van der Waals surface area contributed by atoms with Gasteiger partial charge in [0.25, 0.3) is 5.91 Å². The minimum atomic E-state index is -0.912. The predicted molar refractivity (Wildman–Crippen MR) is 97.0 cm³/mol. The average Bonchev–Trinajstić information content (AvgIpc) is 2.93. The Morgan fingerprint density at radius 1 is 0.840 bits per heavy atom. The fourth-order valence-electron chi connectivity index (χ4n) is 3.66. The highest BCUT2D eigenvalue weighted by Crippen LogP contribution is 2.45. The summed E-state index contributed by atoms with van der Waals surface area (Å²) in [4.78, 5) is 15.0. The second-order valence-electron chi connectivity index (χ2n) is 6.14. The molecule has 3 nitrogen and oxygen atoms in total. The second-order valence-corrected chi connectivity index (χ2v) is 6.14. The second kappa shape index (κ2) is 6.19. The predicted octanol–water partition coefficient (Wildman–Crippen LogP) is 4.19. The van der Waals surface area contributed by atoms with Crippen LogP contribution in [0.25, 0.3) is 0 Å². The highest BCUT2D eigenvalue weighted by molar-refractivity contribution is 6.00. The molecule has 4 rings (SSSR count). The fraction of sp³-hybridized carbons (Fsp3) is 0.136. The number of methoxy groups -OCH3 is 1. The smallest absolute Gasteiger partial charge is 0.257 e. The van der Waals surface area contributed by atoms with Crippen LogP contribution in [0.3, 0.4) is 0 Å². The average molecular weight is 329 g/mol. The summed E-state index contributed by atoms with van der Waals surface area (Å²) in [6, 6.07) is 27.7. The number of hydrogen-bond acceptors (Lipinski definition) is 2. The number of fused-ring (bicyclic) bond motifs is 1. The van der Waals surface area contributed by atoms with Crippen LogP contribution in [-0.4, -0.2) is 17.9 Å². The molecule has 3 aromatic rings. The zero-order valence-corrected chi connectivity index (χ0v) is 14.1. The molecule has 0 aliphatic carbocycles. The van der Waals surface area contributed by atoms with Gasteiger partial charge in [0.05, 0.1) is 0 Å². The minimum absolute atomic E-state index is 0.00911. The summed E-state index contributed by atoms with van der Waals surface area (Å²) in [6.07, 6.45) is 0. The molecule has 0 aromatic heterocycles. The molecule has 0 spiro atoms. The van der Waals surface area contributed by atoms with Crippen LogP contribution in [0.5, 0.6) is 0 Å². The maximum absolute atomic E-state index is 13.2. The van der Waals surface area contributed by atoms with E-state index in [0.29, 0.717) is 12.1 Å². The monoisotopic (exact) mass is 329 g/mol. The van der Waals surface area contributed by atoms with Gasteiger partial charge in [-0.1, -0.05) is 78.9 Å². The van der Waals surface area contributed by atoms with Crippen LogP contribution in [0.2, 0.25) is 0 Å². The van der Waals surface area contributed by atoms with E-state index in [-0.39, 0.29) is 5.91 Å². The molecule has 1 atom stereocenters. The molecule has 3 aromatic carbocycles. The van der Waals surface area contributed by atoms with Crippen LogP contribution in [0.1, 0.15) is 27.0 Å². The molecule has 0 radical (unpaired) electrons. The molecule has 3 heteroatoms. The first-order valence-electron chi connectivity index (χ1n) is 8.33. The van der Waals surface area contributed by atoms with Gasteiger partial charge in [0.2, 0.25) is 0 Å². The summed E-state index contributed by atoms with van der Waals surface area (Å²) in [5, 5.41) is 0. The number of nitrogens with zero attached hydrogens (tertiary/aromatic N) is 1. The van der Waals surface area contributed by atoms with Crippen molar-refractivity contribution in [2.45, 2.75) is 12.3 Å². The molecule has 1 unspecified atom stereocenters. The third-order valence-corrected chi connectivity index (χ3v) is 4.79. The normalized spacial score (nSPS) is 19.1. The zero-order valence-electron chi connectivity index (χ0n) is 14.1. The topological polar surface area (TPSA) is 29.5 Å².